The van der Waals surface area contributed by atoms with Crippen LogP contribution in [0.5, 0.6) is 5.75 Å². The van der Waals surface area contributed by atoms with Gasteiger partial charge in [0, 0.05) is 4.47 Å². The molecular formula is C21H24BrN3O3. The fourth-order valence-corrected chi connectivity index (χ4v) is 2.49. The van der Waals surface area contributed by atoms with Crippen molar-refractivity contribution >= 4 is 39.6 Å². The maximum atomic E-state index is 12.2. The number of hydrazone groups is 1. The van der Waals surface area contributed by atoms with E-state index in [1.165, 1.54) is 13.1 Å². The fourth-order valence-electron chi connectivity index (χ4n) is 2.10. The highest BCUT2D eigenvalue weighted by molar-refractivity contribution is 9.10. The first-order valence-electron chi connectivity index (χ1n) is 8.98. The van der Waals surface area contributed by atoms with Crippen molar-refractivity contribution in [3.05, 3.63) is 58.6 Å². The van der Waals surface area contributed by atoms with Gasteiger partial charge in [0.1, 0.15) is 11.7 Å². The van der Waals surface area contributed by atoms with E-state index in [-0.39, 0.29) is 0 Å². The number of amides is 2. The molecule has 0 heterocycles. The monoisotopic (exact) mass is 445 g/mol. The molecule has 148 valence electrons. The third-order valence-corrected chi connectivity index (χ3v) is 4.46. The number of hydrogen-bond donors (Lipinski definition) is 2. The number of rotatable bonds is 8. The van der Waals surface area contributed by atoms with Crippen molar-refractivity contribution in [2.75, 3.05) is 11.9 Å². The average molecular weight is 446 g/mol. The Balaban J connectivity index is 1.85. The molecule has 0 aromatic heterocycles. The molecule has 0 saturated heterocycles. The molecule has 0 aliphatic heterocycles. The van der Waals surface area contributed by atoms with Crippen molar-refractivity contribution in [1.29, 1.82) is 0 Å². The minimum Gasteiger partial charge on any atom is -0.493 e. The second-order valence-electron chi connectivity index (χ2n) is 6.70. The fraction of sp³-hybridized carbons (Fsp3) is 0.286. The molecule has 28 heavy (non-hydrogen) atoms. The first kappa shape index (κ1) is 21.6. The van der Waals surface area contributed by atoms with Gasteiger partial charge in [-0.3, -0.25) is 9.59 Å². The Morgan fingerprint density at radius 3 is 2.39 bits per heavy atom. The van der Waals surface area contributed by atoms with Gasteiger partial charge in [-0.15, -0.1) is 0 Å². The third kappa shape index (κ3) is 6.81. The van der Waals surface area contributed by atoms with Crippen LogP contribution in [0, 0.1) is 11.8 Å². The Labute approximate surface area is 173 Å². The maximum Gasteiger partial charge on any atom is 0.252 e. The Hall–Kier alpha value is -2.67. The molecule has 0 spiro atoms. The van der Waals surface area contributed by atoms with Crippen molar-refractivity contribution in [2.24, 2.45) is 16.9 Å². The van der Waals surface area contributed by atoms with E-state index in [0.29, 0.717) is 18.2 Å². The van der Waals surface area contributed by atoms with Gasteiger partial charge in [0.25, 0.3) is 5.91 Å². The third-order valence-electron chi connectivity index (χ3n) is 3.77. The number of nitrogens with one attached hydrogen (secondary N) is 2. The maximum absolute atomic E-state index is 12.2. The van der Waals surface area contributed by atoms with Gasteiger partial charge in [-0.1, -0.05) is 26.0 Å². The number of halogens is 1. The lowest BCUT2D eigenvalue weighted by molar-refractivity contribution is -0.131. The summed E-state index contributed by atoms with van der Waals surface area (Å²) < 4.78 is 6.36. The first-order chi connectivity index (χ1) is 13.4. The lowest BCUT2D eigenvalue weighted by Gasteiger charge is -2.11. The van der Waals surface area contributed by atoms with E-state index < -0.39 is 17.7 Å². The van der Waals surface area contributed by atoms with Crippen molar-refractivity contribution in [2.45, 2.75) is 20.8 Å². The quantitative estimate of drug-likeness (QED) is 0.362. The van der Waals surface area contributed by atoms with E-state index in [1.54, 1.807) is 12.1 Å². The molecule has 0 aliphatic carbocycles. The second kappa shape index (κ2) is 10.6. The van der Waals surface area contributed by atoms with Crippen molar-refractivity contribution < 1.29 is 14.3 Å². The molecule has 2 aromatic rings. The summed E-state index contributed by atoms with van der Waals surface area (Å²) in [7, 11) is 0. The Bertz CT molecular complexity index is 835. The minimum absolute atomic E-state index is 0.411. The summed E-state index contributed by atoms with van der Waals surface area (Å²) in [6, 6.07) is 14.6. The zero-order valence-corrected chi connectivity index (χ0v) is 17.7. The topological polar surface area (TPSA) is 79.8 Å². The predicted molar refractivity (Wildman–Crippen MR) is 114 cm³/mol. The smallest absolute Gasteiger partial charge is 0.252 e. The summed E-state index contributed by atoms with van der Waals surface area (Å²) in [6.45, 7) is 6.36. The van der Waals surface area contributed by atoms with Gasteiger partial charge in [-0.05, 0) is 70.7 Å². The SMILES string of the molecule is CC(C)COc1ccc(C=NNC(=O)C(C)C(=O)Nc2ccccc2Br)cc1. The summed E-state index contributed by atoms with van der Waals surface area (Å²) in [4.78, 5) is 24.4. The molecule has 0 radical (unpaired) electrons. The van der Waals surface area contributed by atoms with Gasteiger partial charge in [-0.2, -0.15) is 5.10 Å². The predicted octanol–water partition coefficient (Wildman–Crippen LogP) is 4.21. The molecule has 2 rings (SSSR count). The van der Waals surface area contributed by atoms with Gasteiger partial charge >= 0.3 is 0 Å². The van der Waals surface area contributed by atoms with Gasteiger partial charge < -0.3 is 10.1 Å². The molecule has 0 fully saturated rings. The molecule has 2 aromatic carbocycles. The van der Waals surface area contributed by atoms with Gasteiger partial charge in [0.15, 0.2) is 0 Å². The van der Waals surface area contributed by atoms with Crippen LogP contribution in [0.3, 0.4) is 0 Å². The van der Waals surface area contributed by atoms with E-state index in [9.17, 15) is 9.59 Å². The van der Waals surface area contributed by atoms with E-state index >= 15 is 0 Å². The Morgan fingerprint density at radius 1 is 1.07 bits per heavy atom. The summed E-state index contributed by atoms with van der Waals surface area (Å²) in [5.74, 6) is -0.550. The standard InChI is InChI=1S/C21H24BrN3O3/c1-14(2)13-28-17-10-8-16(9-11-17)12-23-25-21(27)15(3)20(26)24-19-7-5-4-6-18(19)22/h4-12,14-15H,13H2,1-3H3,(H,24,26)(H,25,27). The molecule has 0 saturated carbocycles. The highest BCUT2D eigenvalue weighted by Gasteiger charge is 2.21. The zero-order chi connectivity index (χ0) is 20.5. The number of ether oxygens (including phenoxy) is 1. The molecule has 1 atom stereocenters. The first-order valence-corrected chi connectivity index (χ1v) is 9.77. The number of para-hydroxylation sites is 1. The second-order valence-corrected chi connectivity index (χ2v) is 7.55. The van der Waals surface area contributed by atoms with Gasteiger partial charge in [0.05, 0.1) is 18.5 Å². The molecule has 2 N–H and O–H groups in total. The summed E-state index contributed by atoms with van der Waals surface area (Å²) in [6.07, 6.45) is 1.52. The van der Waals surface area contributed by atoms with Crippen molar-refractivity contribution in [3.8, 4) is 5.75 Å². The molecule has 6 nitrogen and oxygen atoms in total. The lowest BCUT2D eigenvalue weighted by atomic mass is 10.1. The Morgan fingerprint density at radius 2 is 1.75 bits per heavy atom. The lowest BCUT2D eigenvalue weighted by Crippen LogP contribution is -2.34. The number of carbonyl (C=O) groups excluding carboxylic acids is 2. The zero-order valence-electron chi connectivity index (χ0n) is 16.1. The number of hydrogen-bond acceptors (Lipinski definition) is 4. The van der Waals surface area contributed by atoms with Crippen LogP contribution in [0.1, 0.15) is 26.3 Å². The largest absolute Gasteiger partial charge is 0.493 e. The molecule has 1 unspecified atom stereocenters. The van der Waals surface area contributed by atoms with Gasteiger partial charge in [0.2, 0.25) is 5.91 Å². The van der Waals surface area contributed by atoms with Crippen LogP contribution in [-0.2, 0) is 9.59 Å². The van der Waals surface area contributed by atoms with E-state index in [1.807, 2.05) is 36.4 Å². The van der Waals surface area contributed by atoms with Crippen LogP contribution in [0.2, 0.25) is 0 Å². The van der Waals surface area contributed by atoms with E-state index in [4.69, 9.17) is 4.74 Å². The number of benzene rings is 2. The van der Waals surface area contributed by atoms with Crippen LogP contribution in [0.15, 0.2) is 58.1 Å². The van der Waals surface area contributed by atoms with Crippen LogP contribution in [-0.4, -0.2) is 24.6 Å². The van der Waals surface area contributed by atoms with Crippen LogP contribution in [0.25, 0.3) is 0 Å². The molecule has 0 bridgehead atoms. The highest BCUT2D eigenvalue weighted by atomic mass is 79.9. The molecule has 2 amide bonds. The van der Waals surface area contributed by atoms with Gasteiger partial charge in [-0.25, -0.2) is 5.43 Å². The van der Waals surface area contributed by atoms with E-state index in [2.05, 4.69) is 45.6 Å². The van der Waals surface area contributed by atoms with Crippen LogP contribution in [0.4, 0.5) is 5.69 Å². The Kier molecular flexibility index (Phi) is 8.19. The van der Waals surface area contributed by atoms with E-state index in [0.717, 1.165) is 15.8 Å². The number of anilines is 1. The minimum atomic E-state index is -0.893. The molecule has 0 aliphatic rings. The van der Waals surface area contributed by atoms with Crippen LogP contribution < -0.4 is 15.5 Å². The number of carbonyl (C=O) groups is 2. The normalized spacial score (nSPS) is 12.0. The van der Waals surface area contributed by atoms with Crippen molar-refractivity contribution in [3.63, 3.8) is 0 Å². The summed E-state index contributed by atoms with van der Waals surface area (Å²) in [5, 5.41) is 6.63. The molecule has 7 heteroatoms. The molecular weight excluding hydrogens is 422 g/mol. The highest BCUT2D eigenvalue weighted by Crippen LogP contribution is 2.21. The summed E-state index contributed by atoms with van der Waals surface area (Å²) >= 11 is 3.35. The van der Waals surface area contributed by atoms with Crippen LogP contribution >= 0.6 is 15.9 Å². The average Bonchev–Trinajstić information content (AvgIpc) is 2.68. The summed E-state index contributed by atoms with van der Waals surface area (Å²) in [5.41, 5.74) is 3.81. The number of nitrogens with zero attached hydrogens (tertiary/aromatic N) is 1. The van der Waals surface area contributed by atoms with Crippen molar-refractivity contribution in [1.82, 2.24) is 5.43 Å².